The molecule has 1 amide bonds. The molecule has 4 N–H and O–H groups in total. The largest absolute Gasteiger partial charge is 0.480 e. The summed E-state index contributed by atoms with van der Waals surface area (Å²) in [7, 11) is -4.78. The molecule has 0 aromatic rings. The number of carbonyl (C=O) groups is 3. The van der Waals surface area contributed by atoms with Gasteiger partial charge in [0.2, 0.25) is 5.91 Å². The van der Waals surface area contributed by atoms with Gasteiger partial charge in [-0.1, -0.05) is 175 Å². The first-order valence-corrected chi connectivity index (χ1v) is 26.8. The van der Waals surface area contributed by atoms with E-state index in [-0.39, 0.29) is 12.8 Å². The Bertz CT molecular complexity index is 1480. The minimum absolute atomic E-state index is 0.118. The third kappa shape index (κ3) is 46.9. The Morgan fingerprint density at radius 3 is 1.24 bits per heavy atom. The molecule has 0 spiro atoms. The summed E-state index contributed by atoms with van der Waals surface area (Å²) in [5.74, 6) is -2.43. The van der Waals surface area contributed by atoms with Crippen LogP contribution in [-0.4, -0.2) is 64.9 Å². The first-order chi connectivity index (χ1) is 32.1. The lowest BCUT2D eigenvalue weighted by molar-refractivity contribution is -0.147. The van der Waals surface area contributed by atoms with Gasteiger partial charge in [0.1, 0.15) is 12.7 Å². The van der Waals surface area contributed by atoms with E-state index in [1.54, 1.807) is 0 Å². The molecular weight excluding hydrogens is 854 g/mol. The highest BCUT2D eigenvalue weighted by Gasteiger charge is 2.28. The number of phosphoric acid groups is 1. The number of aliphatic carboxylic acids is 1. The van der Waals surface area contributed by atoms with Gasteiger partial charge in [0.05, 0.1) is 13.2 Å². The van der Waals surface area contributed by atoms with Gasteiger partial charge in [-0.2, -0.15) is 0 Å². The number of carboxylic acid groups (broad SMARTS) is 1. The van der Waals surface area contributed by atoms with Gasteiger partial charge in [-0.15, -0.1) is 0 Å². The summed E-state index contributed by atoms with van der Waals surface area (Å²) in [5, 5.41) is 21.9. The van der Waals surface area contributed by atoms with E-state index < -0.39 is 57.6 Å². The zero-order valence-corrected chi connectivity index (χ0v) is 41.9. The van der Waals surface area contributed by atoms with Crippen molar-refractivity contribution in [2.75, 3.05) is 19.8 Å². The van der Waals surface area contributed by atoms with Crippen LogP contribution in [0.2, 0.25) is 0 Å². The molecule has 12 heteroatoms. The van der Waals surface area contributed by atoms with Crippen molar-refractivity contribution in [2.24, 2.45) is 0 Å². The molecule has 0 saturated heterocycles. The molecule has 0 aliphatic rings. The number of aliphatic hydroxyl groups excluding tert-OH is 1. The summed E-state index contributed by atoms with van der Waals surface area (Å²) in [6, 6.07) is -1.57. The fourth-order valence-electron chi connectivity index (χ4n) is 6.40. The van der Waals surface area contributed by atoms with Gasteiger partial charge in [0, 0.05) is 12.8 Å². The Hall–Kier alpha value is -3.60. The van der Waals surface area contributed by atoms with Crippen LogP contribution < -0.4 is 5.32 Å². The van der Waals surface area contributed by atoms with E-state index in [1.807, 2.05) is 0 Å². The molecule has 0 aromatic heterocycles. The molecule has 3 unspecified atom stereocenters. The highest BCUT2D eigenvalue weighted by molar-refractivity contribution is 7.47. The Morgan fingerprint density at radius 2 is 0.833 bits per heavy atom. The van der Waals surface area contributed by atoms with Crippen molar-refractivity contribution in [3.8, 4) is 0 Å². The van der Waals surface area contributed by atoms with E-state index in [0.717, 1.165) is 103 Å². The average molecular weight is 944 g/mol. The highest BCUT2D eigenvalue weighted by atomic mass is 31.2. The number of rotatable bonds is 46. The number of amides is 1. The summed E-state index contributed by atoms with van der Waals surface area (Å²) in [5.41, 5.74) is 0. The van der Waals surface area contributed by atoms with Crippen molar-refractivity contribution in [1.82, 2.24) is 5.32 Å². The van der Waals surface area contributed by atoms with Crippen LogP contribution in [0.5, 0.6) is 0 Å². The molecule has 66 heavy (non-hydrogen) atoms. The maximum Gasteiger partial charge on any atom is 0.472 e. The van der Waals surface area contributed by atoms with Crippen LogP contribution in [0.25, 0.3) is 0 Å². The quantitative estimate of drug-likeness (QED) is 0.0199. The van der Waals surface area contributed by atoms with E-state index in [4.69, 9.17) is 13.8 Å². The summed E-state index contributed by atoms with van der Waals surface area (Å²) in [6.07, 6.45) is 61.3. The fraction of sp³-hybridized carbons (Fsp3) is 0.648. The number of nitrogens with one attached hydrogen (secondary N) is 1. The fourth-order valence-corrected chi connectivity index (χ4v) is 7.17. The summed E-state index contributed by atoms with van der Waals surface area (Å²) in [4.78, 5) is 46.1. The minimum Gasteiger partial charge on any atom is -0.480 e. The first-order valence-electron chi connectivity index (χ1n) is 25.3. The second-order valence-electron chi connectivity index (χ2n) is 16.6. The molecule has 0 rings (SSSR count). The van der Waals surface area contributed by atoms with E-state index in [9.17, 15) is 34.1 Å². The van der Waals surface area contributed by atoms with Crippen LogP contribution in [0.15, 0.2) is 97.2 Å². The SMILES string of the molecule is CCCCC/C=C\C/C=C\C/C=C\C/C=C\CCCCCCCC(=O)NC(COP(=O)(O)OCC(O)COC(=O)CCCCCCC/C=C\C/C=C\C/C=C\C/C=C\CCCCC)C(=O)O. The minimum atomic E-state index is -4.78. The van der Waals surface area contributed by atoms with Crippen LogP contribution in [0.1, 0.15) is 194 Å². The molecule has 0 radical (unpaired) electrons. The number of esters is 1. The van der Waals surface area contributed by atoms with Crippen LogP contribution in [-0.2, 0) is 32.7 Å². The summed E-state index contributed by atoms with van der Waals surface area (Å²) in [6.45, 7) is 2.51. The van der Waals surface area contributed by atoms with Gasteiger partial charge < -0.3 is 25.2 Å². The normalized spacial score (nSPS) is 14.4. The van der Waals surface area contributed by atoms with Gasteiger partial charge in [0.25, 0.3) is 0 Å². The van der Waals surface area contributed by atoms with Gasteiger partial charge in [-0.25, -0.2) is 9.36 Å². The zero-order valence-electron chi connectivity index (χ0n) is 41.0. The molecule has 3 atom stereocenters. The number of hydrogen-bond acceptors (Lipinski definition) is 8. The standard InChI is InChI=1S/C54H90NO10P/c1-3-5-7-9-11-13-15-17-19-21-23-25-27-29-31-33-35-37-39-41-43-45-52(57)55-51(54(59)60)49-65-66(61,62)64-48-50(56)47-63-53(58)46-44-42-40-38-36-34-32-30-28-26-24-22-20-18-16-14-12-10-8-6-4-2/h11-14,17-20,23-26,29-32,50-51,56H,3-10,15-16,21-22,27-28,33-49H2,1-2H3,(H,55,57)(H,59,60)(H,61,62)/b13-11-,14-12-,19-17-,20-18-,25-23-,26-24-,31-29-,32-30-. The van der Waals surface area contributed by atoms with E-state index in [0.29, 0.717) is 12.8 Å². The van der Waals surface area contributed by atoms with Crippen LogP contribution in [0.4, 0.5) is 0 Å². The first kappa shape index (κ1) is 62.4. The van der Waals surface area contributed by atoms with Gasteiger partial charge in [-0.3, -0.25) is 18.6 Å². The Morgan fingerprint density at radius 1 is 0.485 bits per heavy atom. The highest BCUT2D eigenvalue weighted by Crippen LogP contribution is 2.43. The molecule has 0 aliphatic carbocycles. The van der Waals surface area contributed by atoms with Gasteiger partial charge in [-0.05, 0) is 103 Å². The Balaban J connectivity index is 3.94. The predicted molar refractivity (Wildman–Crippen MR) is 272 cm³/mol. The lowest BCUT2D eigenvalue weighted by atomic mass is 10.1. The predicted octanol–water partition coefficient (Wildman–Crippen LogP) is 14.0. The number of carboxylic acids is 1. The molecule has 11 nitrogen and oxygen atoms in total. The monoisotopic (exact) mass is 944 g/mol. The molecule has 0 aromatic carbocycles. The number of phosphoric ester groups is 1. The molecule has 376 valence electrons. The molecule has 0 fully saturated rings. The van der Waals surface area contributed by atoms with Crippen molar-refractivity contribution in [1.29, 1.82) is 0 Å². The van der Waals surface area contributed by atoms with Crippen molar-refractivity contribution in [3.63, 3.8) is 0 Å². The van der Waals surface area contributed by atoms with Crippen LogP contribution in [0, 0.1) is 0 Å². The molecule has 0 saturated carbocycles. The topological polar surface area (TPSA) is 169 Å². The second-order valence-corrected chi connectivity index (χ2v) is 18.1. The third-order valence-electron chi connectivity index (χ3n) is 10.3. The molecule has 0 bridgehead atoms. The summed E-state index contributed by atoms with van der Waals surface area (Å²) < 4.78 is 26.9. The zero-order chi connectivity index (χ0) is 48.4. The number of hydrogen-bond donors (Lipinski definition) is 4. The maximum atomic E-state index is 12.4. The third-order valence-corrected chi connectivity index (χ3v) is 11.3. The van der Waals surface area contributed by atoms with Gasteiger partial charge >= 0.3 is 19.8 Å². The molecule has 0 heterocycles. The van der Waals surface area contributed by atoms with Gasteiger partial charge in [0.15, 0.2) is 6.04 Å². The van der Waals surface area contributed by atoms with Crippen LogP contribution in [0.3, 0.4) is 0 Å². The van der Waals surface area contributed by atoms with Crippen molar-refractivity contribution in [3.05, 3.63) is 97.2 Å². The average Bonchev–Trinajstić information content (AvgIpc) is 3.29. The van der Waals surface area contributed by atoms with E-state index in [2.05, 4.69) is 116 Å². The number of allylic oxidation sites excluding steroid dienone is 16. The number of unbranched alkanes of at least 4 members (excludes halogenated alkanes) is 16. The second kappa shape index (κ2) is 47.9. The number of ether oxygens (including phenoxy) is 1. The number of aliphatic hydroxyl groups is 1. The Kier molecular flexibility index (Phi) is 45.3. The molecule has 0 aliphatic heterocycles. The van der Waals surface area contributed by atoms with E-state index in [1.165, 1.54) is 51.4 Å². The van der Waals surface area contributed by atoms with Crippen molar-refractivity contribution >= 4 is 25.7 Å². The van der Waals surface area contributed by atoms with Crippen molar-refractivity contribution < 1.29 is 47.8 Å². The van der Waals surface area contributed by atoms with Crippen molar-refractivity contribution in [2.45, 2.75) is 206 Å². The number of carbonyl (C=O) groups excluding carboxylic acids is 2. The lowest BCUT2D eigenvalue weighted by Gasteiger charge is -2.18. The molecular formula is C54H90NO10P. The lowest BCUT2D eigenvalue weighted by Crippen LogP contribution is -2.43. The Labute approximate surface area is 400 Å². The van der Waals surface area contributed by atoms with E-state index >= 15 is 0 Å². The van der Waals surface area contributed by atoms with Crippen LogP contribution >= 0.6 is 7.82 Å². The smallest absolute Gasteiger partial charge is 0.472 e. The maximum absolute atomic E-state index is 12.4. The summed E-state index contributed by atoms with van der Waals surface area (Å²) >= 11 is 0.